The Bertz CT molecular complexity index is 379. The Kier molecular flexibility index (Phi) is 3.62. The number of hydrogen-bond acceptors (Lipinski definition) is 4. The Morgan fingerprint density at radius 1 is 0.778 bits per heavy atom. The van der Waals surface area contributed by atoms with E-state index in [1.807, 2.05) is 6.20 Å². The zero-order chi connectivity index (χ0) is 12.2. The zero-order valence-corrected chi connectivity index (χ0v) is 11.0. The molecule has 0 spiro atoms. The summed E-state index contributed by atoms with van der Waals surface area (Å²) in [5.41, 5.74) is 0. The predicted octanol–water partition coefficient (Wildman–Crippen LogP) is 2.46. The molecule has 0 saturated carbocycles. The molecule has 0 aliphatic carbocycles. The summed E-state index contributed by atoms with van der Waals surface area (Å²) in [4.78, 5) is 13.9. The Hall–Kier alpha value is -1.32. The minimum absolute atomic E-state index is 0.925. The second kappa shape index (κ2) is 5.55. The van der Waals surface area contributed by atoms with E-state index < -0.39 is 0 Å². The van der Waals surface area contributed by atoms with Gasteiger partial charge in [0.25, 0.3) is 0 Å². The fourth-order valence-electron chi connectivity index (χ4n) is 2.88. The Morgan fingerprint density at radius 2 is 1.39 bits per heavy atom. The average Bonchev–Trinajstić information content (AvgIpc) is 2.82. The molecule has 0 radical (unpaired) electrons. The van der Waals surface area contributed by atoms with Gasteiger partial charge in [-0.25, -0.2) is 4.98 Å². The summed E-state index contributed by atoms with van der Waals surface area (Å²) in [7, 11) is 0. The highest BCUT2D eigenvalue weighted by molar-refractivity contribution is 5.44. The lowest BCUT2D eigenvalue weighted by molar-refractivity contribution is 0.726. The molecule has 2 aliphatic heterocycles. The van der Waals surface area contributed by atoms with Crippen molar-refractivity contribution < 1.29 is 0 Å². The first-order chi connectivity index (χ1) is 8.93. The molecule has 2 saturated heterocycles. The van der Waals surface area contributed by atoms with Crippen LogP contribution in [0.4, 0.5) is 11.8 Å². The summed E-state index contributed by atoms with van der Waals surface area (Å²) < 4.78 is 0. The summed E-state index contributed by atoms with van der Waals surface area (Å²) >= 11 is 0. The Labute approximate surface area is 109 Å². The molecule has 0 N–H and O–H groups in total. The first-order valence-corrected chi connectivity index (χ1v) is 7.26. The molecular formula is C14H22N4. The number of anilines is 2. The van der Waals surface area contributed by atoms with Crippen molar-refractivity contribution in [2.75, 3.05) is 36.0 Å². The van der Waals surface area contributed by atoms with Crippen LogP contribution in [0.2, 0.25) is 0 Å². The van der Waals surface area contributed by atoms with E-state index in [-0.39, 0.29) is 0 Å². The third-order valence-electron chi connectivity index (χ3n) is 3.95. The van der Waals surface area contributed by atoms with Crippen molar-refractivity contribution in [2.24, 2.45) is 0 Å². The second-order valence-electron chi connectivity index (χ2n) is 5.31. The SMILES string of the molecule is c1cc(N2CCCCCC2)nc(N2CCCC2)n1. The van der Waals surface area contributed by atoms with Crippen molar-refractivity contribution in [3.05, 3.63) is 12.3 Å². The van der Waals surface area contributed by atoms with E-state index >= 15 is 0 Å². The van der Waals surface area contributed by atoms with E-state index in [1.165, 1.54) is 38.5 Å². The van der Waals surface area contributed by atoms with Gasteiger partial charge >= 0.3 is 0 Å². The van der Waals surface area contributed by atoms with Crippen molar-refractivity contribution in [1.29, 1.82) is 0 Å². The smallest absolute Gasteiger partial charge is 0.227 e. The lowest BCUT2D eigenvalue weighted by Gasteiger charge is -2.23. The van der Waals surface area contributed by atoms with Gasteiger partial charge in [-0.1, -0.05) is 12.8 Å². The fraction of sp³-hybridized carbons (Fsp3) is 0.714. The lowest BCUT2D eigenvalue weighted by Crippen LogP contribution is -2.27. The molecule has 98 valence electrons. The van der Waals surface area contributed by atoms with Gasteiger partial charge in [-0.2, -0.15) is 4.98 Å². The second-order valence-corrected chi connectivity index (χ2v) is 5.31. The molecule has 1 aromatic rings. The molecule has 3 rings (SSSR count). The maximum absolute atomic E-state index is 4.76. The molecular weight excluding hydrogens is 224 g/mol. The summed E-state index contributed by atoms with van der Waals surface area (Å²) in [5, 5.41) is 0. The van der Waals surface area contributed by atoms with Crippen LogP contribution in [0.1, 0.15) is 38.5 Å². The van der Waals surface area contributed by atoms with Crippen molar-refractivity contribution in [1.82, 2.24) is 9.97 Å². The topological polar surface area (TPSA) is 32.3 Å². The van der Waals surface area contributed by atoms with Gasteiger partial charge < -0.3 is 9.80 Å². The highest BCUT2D eigenvalue weighted by atomic mass is 15.3. The van der Waals surface area contributed by atoms with Crippen LogP contribution in [0.25, 0.3) is 0 Å². The van der Waals surface area contributed by atoms with Crippen molar-refractivity contribution in [2.45, 2.75) is 38.5 Å². The number of nitrogens with zero attached hydrogens (tertiary/aromatic N) is 4. The van der Waals surface area contributed by atoms with Gasteiger partial charge in [0.15, 0.2) is 0 Å². The van der Waals surface area contributed by atoms with Crippen LogP contribution in [0.5, 0.6) is 0 Å². The van der Waals surface area contributed by atoms with Crippen LogP contribution in [0, 0.1) is 0 Å². The van der Waals surface area contributed by atoms with Crippen molar-refractivity contribution in [3.63, 3.8) is 0 Å². The molecule has 0 atom stereocenters. The summed E-state index contributed by atoms with van der Waals surface area (Å²) in [6, 6.07) is 2.06. The number of hydrogen-bond donors (Lipinski definition) is 0. The predicted molar refractivity (Wildman–Crippen MR) is 74.2 cm³/mol. The van der Waals surface area contributed by atoms with Gasteiger partial charge in [0, 0.05) is 32.4 Å². The van der Waals surface area contributed by atoms with E-state index in [0.29, 0.717) is 0 Å². The van der Waals surface area contributed by atoms with Gasteiger partial charge in [-0.3, -0.25) is 0 Å². The van der Waals surface area contributed by atoms with Crippen molar-refractivity contribution in [3.8, 4) is 0 Å². The van der Waals surface area contributed by atoms with Crippen molar-refractivity contribution >= 4 is 11.8 Å². The van der Waals surface area contributed by atoms with Crippen LogP contribution in [0.3, 0.4) is 0 Å². The minimum Gasteiger partial charge on any atom is -0.356 e. The van der Waals surface area contributed by atoms with Gasteiger partial charge in [-0.15, -0.1) is 0 Å². The molecule has 1 aromatic heterocycles. The molecule has 4 nitrogen and oxygen atoms in total. The lowest BCUT2D eigenvalue weighted by atomic mass is 10.2. The molecule has 0 bridgehead atoms. The van der Waals surface area contributed by atoms with Gasteiger partial charge in [-0.05, 0) is 31.7 Å². The average molecular weight is 246 g/mol. The molecule has 3 heterocycles. The quantitative estimate of drug-likeness (QED) is 0.802. The monoisotopic (exact) mass is 246 g/mol. The highest BCUT2D eigenvalue weighted by Gasteiger charge is 2.17. The van der Waals surface area contributed by atoms with Crippen LogP contribution in [-0.2, 0) is 0 Å². The van der Waals surface area contributed by atoms with Gasteiger partial charge in [0.05, 0.1) is 0 Å². The number of rotatable bonds is 2. The highest BCUT2D eigenvalue weighted by Crippen LogP contribution is 2.21. The van der Waals surface area contributed by atoms with Gasteiger partial charge in [0.1, 0.15) is 5.82 Å². The summed E-state index contributed by atoms with van der Waals surface area (Å²) in [6.07, 6.45) is 9.78. The van der Waals surface area contributed by atoms with E-state index in [2.05, 4.69) is 20.9 Å². The first-order valence-electron chi connectivity index (χ1n) is 7.26. The molecule has 0 unspecified atom stereocenters. The number of aromatic nitrogens is 2. The van der Waals surface area contributed by atoms with E-state index in [4.69, 9.17) is 4.98 Å². The minimum atomic E-state index is 0.925. The molecule has 4 heteroatoms. The normalized spacial score (nSPS) is 21.1. The Balaban J connectivity index is 1.76. The van der Waals surface area contributed by atoms with Crippen LogP contribution >= 0.6 is 0 Å². The van der Waals surface area contributed by atoms with E-state index in [1.54, 1.807) is 0 Å². The third-order valence-corrected chi connectivity index (χ3v) is 3.95. The molecule has 0 aromatic carbocycles. The maximum Gasteiger partial charge on any atom is 0.227 e. The third kappa shape index (κ3) is 2.57. The fourth-order valence-corrected chi connectivity index (χ4v) is 2.88. The maximum atomic E-state index is 4.76. The molecule has 2 aliphatic rings. The van der Waals surface area contributed by atoms with Gasteiger partial charge in [0.2, 0.25) is 5.95 Å². The first kappa shape index (κ1) is 11.8. The van der Waals surface area contributed by atoms with Crippen LogP contribution in [-0.4, -0.2) is 36.1 Å². The van der Waals surface area contributed by atoms with E-state index in [9.17, 15) is 0 Å². The molecule has 18 heavy (non-hydrogen) atoms. The summed E-state index contributed by atoms with van der Waals surface area (Å²) in [5.74, 6) is 2.04. The standard InChI is InChI=1S/C14H22N4/c1-2-4-10-17(9-3-1)13-7-8-15-14(16-13)18-11-5-6-12-18/h7-8H,1-6,9-12H2. The Morgan fingerprint density at radius 3 is 2.11 bits per heavy atom. The zero-order valence-electron chi connectivity index (χ0n) is 11.0. The van der Waals surface area contributed by atoms with Crippen LogP contribution in [0.15, 0.2) is 12.3 Å². The largest absolute Gasteiger partial charge is 0.356 e. The van der Waals surface area contributed by atoms with Crippen LogP contribution < -0.4 is 9.80 Å². The molecule has 2 fully saturated rings. The molecule has 0 amide bonds. The summed E-state index contributed by atoms with van der Waals surface area (Å²) in [6.45, 7) is 4.53. The van der Waals surface area contributed by atoms with E-state index in [0.717, 1.165) is 37.9 Å².